The van der Waals surface area contributed by atoms with Crippen molar-refractivity contribution in [2.45, 2.75) is 51.4 Å². The minimum Gasteiger partial charge on any atom is -0.382 e. The van der Waals surface area contributed by atoms with Crippen LogP contribution in [0.2, 0.25) is 0 Å². The van der Waals surface area contributed by atoms with Gasteiger partial charge < -0.3 is 9.47 Å². The van der Waals surface area contributed by atoms with Gasteiger partial charge >= 0.3 is 0 Å². The van der Waals surface area contributed by atoms with Crippen molar-refractivity contribution in [3.8, 4) is 0 Å². The van der Waals surface area contributed by atoms with Gasteiger partial charge in [0.25, 0.3) is 0 Å². The molecule has 0 radical (unpaired) electrons. The summed E-state index contributed by atoms with van der Waals surface area (Å²) in [7, 11) is 1.67. The second-order valence-corrected chi connectivity index (χ2v) is 7.49. The normalized spacial score (nSPS) is 38.4. The second-order valence-electron chi connectivity index (χ2n) is 7.49. The number of hydrogen-bond acceptors (Lipinski definition) is 3. The molecule has 4 fully saturated rings. The van der Waals surface area contributed by atoms with Gasteiger partial charge in [-0.3, -0.25) is 4.79 Å². The van der Waals surface area contributed by atoms with E-state index in [1.807, 2.05) is 0 Å². The zero-order valence-corrected chi connectivity index (χ0v) is 12.7. The Bertz CT molecular complexity index is 315. The lowest BCUT2D eigenvalue weighted by atomic mass is 9.48. The monoisotopic (exact) mass is 280 g/mol. The van der Waals surface area contributed by atoms with E-state index in [0.29, 0.717) is 37.4 Å². The van der Waals surface area contributed by atoms with Crippen molar-refractivity contribution < 1.29 is 14.3 Å². The summed E-state index contributed by atoms with van der Waals surface area (Å²) in [6.45, 7) is 1.78. The third kappa shape index (κ3) is 3.25. The molecule has 0 atom stereocenters. The fraction of sp³-hybridized carbons (Fsp3) is 0.941. The molecular formula is C17H28O3. The van der Waals surface area contributed by atoms with E-state index in [2.05, 4.69) is 0 Å². The largest absolute Gasteiger partial charge is 0.382 e. The molecule has 0 heterocycles. The molecule has 0 unspecified atom stereocenters. The van der Waals surface area contributed by atoms with Crippen LogP contribution in [0.25, 0.3) is 0 Å². The minimum atomic E-state index is 0.387. The molecule has 3 heteroatoms. The van der Waals surface area contributed by atoms with Crippen LogP contribution >= 0.6 is 0 Å². The van der Waals surface area contributed by atoms with Crippen LogP contribution in [0.1, 0.15) is 51.4 Å². The molecular weight excluding hydrogens is 252 g/mol. The lowest BCUT2D eigenvalue weighted by Gasteiger charge is -2.56. The molecule has 4 aliphatic carbocycles. The van der Waals surface area contributed by atoms with Crippen LogP contribution in [-0.4, -0.2) is 32.7 Å². The minimum absolute atomic E-state index is 0.387. The Hall–Kier alpha value is -0.410. The second kappa shape index (κ2) is 6.15. The molecule has 0 saturated heterocycles. The zero-order chi connectivity index (χ0) is 14.0. The van der Waals surface area contributed by atoms with Gasteiger partial charge in [0, 0.05) is 20.0 Å². The van der Waals surface area contributed by atoms with Crippen molar-refractivity contribution >= 4 is 5.78 Å². The van der Waals surface area contributed by atoms with Crippen LogP contribution in [-0.2, 0) is 14.3 Å². The van der Waals surface area contributed by atoms with E-state index >= 15 is 0 Å². The highest BCUT2D eigenvalue weighted by Crippen LogP contribution is 2.61. The maximum atomic E-state index is 12.2. The summed E-state index contributed by atoms with van der Waals surface area (Å²) < 4.78 is 10.3. The van der Waals surface area contributed by atoms with Gasteiger partial charge in [0.2, 0.25) is 0 Å². The highest BCUT2D eigenvalue weighted by molar-refractivity contribution is 5.79. The van der Waals surface area contributed by atoms with E-state index in [1.165, 1.54) is 38.5 Å². The summed E-state index contributed by atoms with van der Waals surface area (Å²) in [5.74, 6) is 3.23. The van der Waals surface area contributed by atoms with Gasteiger partial charge in [-0.1, -0.05) is 0 Å². The predicted octanol–water partition coefficient (Wildman–Crippen LogP) is 3.22. The molecule has 4 aliphatic rings. The number of rotatable bonds is 8. The van der Waals surface area contributed by atoms with Crippen molar-refractivity contribution in [1.29, 1.82) is 0 Å². The average Bonchev–Trinajstić information content (AvgIpc) is 2.36. The van der Waals surface area contributed by atoms with Gasteiger partial charge in [-0.2, -0.15) is 0 Å². The summed E-state index contributed by atoms with van der Waals surface area (Å²) >= 11 is 0. The number of hydrogen-bond donors (Lipinski definition) is 0. The molecule has 0 N–H and O–H groups in total. The Morgan fingerprint density at radius 3 is 2.15 bits per heavy atom. The number of ether oxygens (including phenoxy) is 2. The van der Waals surface area contributed by atoms with Gasteiger partial charge in [-0.15, -0.1) is 0 Å². The summed E-state index contributed by atoms with van der Waals surface area (Å²) in [5.41, 5.74) is 0.387. The highest BCUT2D eigenvalue weighted by Gasteiger charge is 2.51. The van der Waals surface area contributed by atoms with Gasteiger partial charge in [0.1, 0.15) is 5.78 Å². The Balaban J connectivity index is 1.44. The fourth-order valence-corrected chi connectivity index (χ4v) is 5.44. The number of methoxy groups -OCH3 is 1. The van der Waals surface area contributed by atoms with Crippen molar-refractivity contribution in [3.05, 3.63) is 0 Å². The molecule has 4 rings (SSSR count). The van der Waals surface area contributed by atoms with E-state index in [4.69, 9.17) is 9.47 Å². The number of carbonyl (C=O) groups excluding carboxylic acids is 1. The van der Waals surface area contributed by atoms with Crippen molar-refractivity contribution in [2.24, 2.45) is 23.2 Å². The third-order valence-corrected chi connectivity index (χ3v) is 5.69. The molecule has 4 saturated carbocycles. The van der Waals surface area contributed by atoms with Crippen LogP contribution in [0.4, 0.5) is 0 Å². The zero-order valence-electron chi connectivity index (χ0n) is 12.7. The molecule has 4 bridgehead atoms. The molecule has 0 aromatic rings. The average molecular weight is 280 g/mol. The first-order valence-corrected chi connectivity index (χ1v) is 8.27. The summed E-state index contributed by atoms with van der Waals surface area (Å²) in [6, 6.07) is 0. The lowest BCUT2D eigenvalue weighted by Crippen LogP contribution is -2.46. The van der Waals surface area contributed by atoms with E-state index in [1.54, 1.807) is 7.11 Å². The standard InChI is InChI=1S/C17H28O3/c1-19-4-5-20-3-2-16(18)12-17-9-13-6-14(10-17)8-15(7-13)11-17/h13-15H,2-12H2,1H3. The first-order valence-electron chi connectivity index (χ1n) is 8.27. The molecule has 0 aromatic heterocycles. The number of Topliss-reactive ketones (excluding diaryl/α,β-unsaturated/α-hetero) is 1. The van der Waals surface area contributed by atoms with Gasteiger partial charge in [-0.05, 0) is 61.7 Å². The van der Waals surface area contributed by atoms with Crippen LogP contribution < -0.4 is 0 Å². The molecule has 0 aromatic carbocycles. The highest BCUT2D eigenvalue weighted by atomic mass is 16.5. The lowest BCUT2D eigenvalue weighted by molar-refractivity contribution is -0.128. The van der Waals surface area contributed by atoms with E-state index in [-0.39, 0.29) is 0 Å². The van der Waals surface area contributed by atoms with Crippen LogP contribution in [0.15, 0.2) is 0 Å². The number of carbonyl (C=O) groups is 1. The molecule has 0 amide bonds. The van der Waals surface area contributed by atoms with Crippen molar-refractivity contribution in [1.82, 2.24) is 0 Å². The van der Waals surface area contributed by atoms with E-state index in [0.717, 1.165) is 24.2 Å². The smallest absolute Gasteiger partial charge is 0.135 e. The number of ketones is 1. The Labute approximate surface area is 122 Å². The topological polar surface area (TPSA) is 35.5 Å². The predicted molar refractivity (Wildman–Crippen MR) is 77.5 cm³/mol. The maximum Gasteiger partial charge on any atom is 0.135 e. The van der Waals surface area contributed by atoms with Crippen molar-refractivity contribution in [3.63, 3.8) is 0 Å². The summed E-state index contributed by atoms with van der Waals surface area (Å²) in [4.78, 5) is 12.2. The van der Waals surface area contributed by atoms with Gasteiger partial charge in [-0.25, -0.2) is 0 Å². The molecule has 3 nitrogen and oxygen atoms in total. The molecule has 114 valence electrons. The molecule has 0 spiro atoms. The Morgan fingerprint density at radius 1 is 1.00 bits per heavy atom. The van der Waals surface area contributed by atoms with Crippen molar-refractivity contribution in [2.75, 3.05) is 26.9 Å². The summed E-state index contributed by atoms with van der Waals surface area (Å²) in [5, 5.41) is 0. The van der Waals surface area contributed by atoms with Gasteiger partial charge in [0.15, 0.2) is 0 Å². The first-order chi connectivity index (χ1) is 9.69. The summed E-state index contributed by atoms with van der Waals surface area (Å²) in [6.07, 6.45) is 9.75. The van der Waals surface area contributed by atoms with Crippen LogP contribution in [0.5, 0.6) is 0 Å². The third-order valence-electron chi connectivity index (χ3n) is 5.69. The quantitative estimate of drug-likeness (QED) is 0.640. The first kappa shape index (κ1) is 14.5. The van der Waals surface area contributed by atoms with Crippen LogP contribution in [0.3, 0.4) is 0 Å². The Morgan fingerprint density at radius 2 is 1.60 bits per heavy atom. The van der Waals surface area contributed by atoms with Crippen LogP contribution in [0, 0.1) is 23.2 Å². The van der Waals surface area contributed by atoms with E-state index < -0.39 is 0 Å². The van der Waals surface area contributed by atoms with Gasteiger partial charge in [0.05, 0.1) is 19.8 Å². The molecule has 0 aliphatic heterocycles. The fourth-order valence-electron chi connectivity index (χ4n) is 5.44. The Kier molecular flexibility index (Phi) is 4.46. The van der Waals surface area contributed by atoms with E-state index in [9.17, 15) is 4.79 Å². The molecule has 20 heavy (non-hydrogen) atoms. The SMILES string of the molecule is COCCOCCC(=O)CC12CC3CC(CC(C3)C1)C2. The maximum absolute atomic E-state index is 12.2.